The van der Waals surface area contributed by atoms with E-state index in [1.807, 2.05) is 0 Å². The minimum atomic E-state index is 0. The van der Waals surface area contributed by atoms with E-state index >= 15 is 0 Å². The maximum absolute atomic E-state index is 12.4. The van der Waals surface area contributed by atoms with Crippen LogP contribution in [0.4, 0.5) is 0 Å². The fourth-order valence-corrected chi connectivity index (χ4v) is 4.02. The van der Waals surface area contributed by atoms with E-state index < -0.39 is 0 Å². The normalized spacial score (nSPS) is 28.0. The zero-order chi connectivity index (χ0) is 15.4. The van der Waals surface area contributed by atoms with Gasteiger partial charge in [-0.3, -0.25) is 4.79 Å². The van der Waals surface area contributed by atoms with Gasteiger partial charge in [-0.05, 0) is 70.4 Å². The second-order valence-corrected chi connectivity index (χ2v) is 7.76. The number of rotatable bonds is 6. The van der Waals surface area contributed by atoms with Gasteiger partial charge in [0.2, 0.25) is 5.91 Å². The highest BCUT2D eigenvalue weighted by atomic mass is 35.5. The molecule has 3 rings (SSSR count). The molecule has 24 heavy (non-hydrogen) atoms. The Bertz CT molecular complexity index is 379. The number of nitrogens with one attached hydrogen (secondary N) is 1. The molecular weight excluding hydrogens is 345 g/mol. The Morgan fingerprint density at radius 1 is 1.00 bits per heavy atom. The Hall–Kier alpha value is -0.0300. The van der Waals surface area contributed by atoms with Crippen LogP contribution in [0.1, 0.15) is 51.9 Å². The summed E-state index contributed by atoms with van der Waals surface area (Å²) < 4.78 is 0. The molecule has 0 aromatic rings. The zero-order valence-electron chi connectivity index (χ0n) is 15.0. The number of nitrogens with zero attached hydrogens (tertiary/aromatic N) is 2. The maximum atomic E-state index is 12.4. The Morgan fingerprint density at radius 2 is 1.79 bits per heavy atom. The number of carbonyl (C=O) groups is 1. The summed E-state index contributed by atoms with van der Waals surface area (Å²) in [6.45, 7) is 8.35. The molecule has 1 saturated carbocycles. The lowest BCUT2D eigenvalue weighted by molar-refractivity contribution is -0.132. The third kappa shape index (κ3) is 6.70. The molecule has 0 aromatic heterocycles. The predicted octanol–water partition coefficient (Wildman–Crippen LogP) is 2.94. The van der Waals surface area contributed by atoms with Crippen LogP contribution in [0.2, 0.25) is 0 Å². The number of carbonyl (C=O) groups excluding carboxylic acids is 1. The van der Waals surface area contributed by atoms with Gasteiger partial charge in [0.25, 0.3) is 0 Å². The van der Waals surface area contributed by atoms with Crippen molar-refractivity contribution in [3.8, 4) is 0 Å². The van der Waals surface area contributed by atoms with Gasteiger partial charge >= 0.3 is 0 Å². The van der Waals surface area contributed by atoms with Crippen molar-refractivity contribution in [3.63, 3.8) is 0 Å². The van der Waals surface area contributed by atoms with E-state index in [4.69, 9.17) is 0 Å². The third-order valence-corrected chi connectivity index (χ3v) is 5.71. The van der Waals surface area contributed by atoms with Crippen LogP contribution in [0.25, 0.3) is 0 Å². The molecule has 2 unspecified atom stereocenters. The first-order chi connectivity index (χ1) is 10.7. The van der Waals surface area contributed by atoms with E-state index in [2.05, 4.69) is 22.0 Å². The largest absolute Gasteiger partial charge is 0.341 e. The van der Waals surface area contributed by atoms with Gasteiger partial charge in [-0.15, -0.1) is 24.8 Å². The summed E-state index contributed by atoms with van der Waals surface area (Å²) in [5.74, 6) is 1.85. The lowest BCUT2D eigenvalue weighted by atomic mass is 9.94. The minimum absolute atomic E-state index is 0. The van der Waals surface area contributed by atoms with Crippen LogP contribution < -0.4 is 5.32 Å². The molecule has 1 aliphatic carbocycles. The van der Waals surface area contributed by atoms with Gasteiger partial charge in [0, 0.05) is 25.7 Å². The maximum Gasteiger partial charge on any atom is 0.236 e. The summed E-state index contributed by atoms with van der Waals surface area (Å²) in [5, 5.41) is 3.35. The molecule has 1 amide bonds. The second-order valence-electron chi connectivity index (χ2n) is 7.76. The van der Waals surface area contributed by atoms with Crippen LogP contribution in [-0.4, -0.2) is 61.0 Å². The van der Waals surface area contributed by atoms with Crippen molar-refractivity contribution in [1.82, 2.24) is 15.1 Å². The average molecular weight is 380 g/mol. The number of amides is 1. The van der Waals surface area contributed by atoms with Gasteiger partial charge in [0.1, 0.15) is 0 Å². The van der Waals surface area contributed by atoms with E-state index in [0.717, 1.165) is 31.6 Å². The van der Waals surface area contributed by atoms with Gasteiger partial charge in [-0.2, -0.15) is 0 Å². The van der Waals surface area contributed by atoms with Gasteiger partial charge in [0.05, 0.1) is 6.54 Å². The van der Waals surface area contributed by atoms with Crippen LogP contribution in [-0.2, 0) is 4.79 Å². The first kappa shape index (κ1) is 22.0. The Labute approximate surface area is 159 Å². The molecule has 2 heterocycles. The molecule has 3 fully saturated rings. The van der Waals surface area contributed by atoms with Crippen LogP contribution in [0.15, 0.2) is 0 Å². The monoisotopic (exact) mass is 379 g/mol. The molecule has 2 atom stereocenters. The molecular formula is C18H35Cl2N3O. The summed E-state index contributed by atoms with van der Waals surface area (Å²) in [6, 6.07) is 0.736. The predicted molar refractivity (Wildman–Crippen MR) is 104 cm³/mol. The number of hydrogen-bond acceptors (Lipinski definition) is 3. The topological polar surface area (TPSA) is 35.6 Å². The molecule has 0 radical (unpaired) electrons. The van der Waals surface area contributed by atoms with Gasteiger partial charge < -0.3 is 15.1 Å². The molecule has 1 N–H and O–H groups in total. The smallest absolute Gasteiger partial charge is 0.236 e. The van der Waals surface area contributed by atoms with Gasteiger partial charge in [0.15, 0.2) is 0 Å². The van der Waals surface area contributed by atoms with Crippen LogP contribution in [0, 0.1) is 11.8 Å². The summed E-state index contributed by atoms with van der Waals surface area (Å²) in [7, 11) is 0. The van der Waals surface area contributed by atoms with Crippen molar-refractivity contribution in [1.29, 1.82) is 0 Å². The fourth-order valence-electron chi connectivity index (χ4n) is 4.02. The van der Waals surface area contributed by atoms with Crippen LogP contribution in [0.5, 0.6) is 0 Å². The zero-order valence-corrected chi connectivity index (χ0v) is 16.7. The molecule has 4 nitrogen and oxygen atoms in total. The quantitative estimate of drug-likeness (QED) is 0.770. The molecule has 0 spiro atoms. The minimum Gasteiger partial charge on any atom is -0.341 e. The van der Waals surface area contributed by atoms with Crippen molar-refractivity contribution in [2.75, 3.05) is 39.3 Å². The van der Waals surface area contributed by atoms with Gasteiger partial charge in [-0.25, -0.2) is 0 Å². The molecule has 142 valence electrons. The fraction of sp³-hybridized carbons (Fsp3) is 0.944. The first-order valence-electron chi connectivity index (χ1n) is 9.45. The van der Waals surface area contributed by atoms with Crippen molar-refractivity contribution in [2.45, 2.75) is 57.9 Å². The molecule has 3 aliphatic rings. The average Bonchev–Trinajstić information content (AvgIpc) is 3.34. The Morgan fingerprint density at radius 3 is 2.50 bits per heavy atom. The molecule has 2 saturated heterocycles. The molecule has 0 bridgehead atoms. The summed E-state index contributed by atoms with van der Waals surface area (Å²) in [4.78, 5) is 17.1. The van der Waals surface area contributed by atoms with Crippen LogP contribution in [0.3, 0.4) is 0 Å². The number of halogens is 2. The second kappa shape index (κ2) is 10.8. The van der Waals surface area contributed by atoms with Crippen LogP contribution >= 0.6 is 24.8 Å². The summed E-state index contributed by atoms with van der Waals surface area (Å²) in [6.07, 6.45) is 9.26. The molecule has 6 heteroatoms. The Balaban J connectivity index is 0.00000144. The molecule has 2 aliphatic heterocycles. The third-order valence-electron chi connectivity index (χ3n) is 5.71. The van der Waals surface area contributed by atoms with E-state index in [0.29, 0.717) is 18.4 Å². The van der Waals surface area contributed by atoms with E-state index in [1.165, 1.54) is 58.0 Å². The van der Waals surface area contributed by atoms with E-state index in [9.17, 15) is 4.79 Å². The molecule has 0 aromatic carbocycles. The number of hydrogen-bond donors (Lipinski definition) is 1. The lowest BCUT2D eigenvalue weighted by Crippen LogP contribution is -2.48. The van der Waals surface area contributed by atoms with E-state index in [1.54, 1.807) is 0 Å². The summed E-state index contributed by atoms with van der Waals surface area (Å²) >= 11 is 0. The highest BCUT2D eigenvalue weighted by Crippen LogP contribution is 2.27. The summed E-state index contributed by atoms with van der Waals surface area (Å²) in [5.41, 5.74) is 0. The van der Waals surface area contributed by atoms with Crippen molar-refractivity contribution >= 4 is 30.7 Å². The highest BCUT2D eigenvalue weighted by Gasteiger charge is 2.28. The van der Waals surface area contributed by atoms with Gasteiger partial charge in [-0.1, -0.05) is 6.42 Å². The van der Waals surface area contributed by atoms with Crippen molar-refractivity contribution in [2.24, 2.45) is 11.8 Å². The van der Waals surface area contributed by atoms with Crippen molar-refractivity contribution < 1.29 is 4.79 Å². The first-order valence-corrected chi connectivity index (χ1v) is 9.45. The lowest BCUT2D eigenvalue weighted by Gasteiger charge is -2.39. The van der Waals surface area contributed by atoms with Crippen molar-refractivity contribution in [3.05, 3.63) is 0 Å². The highest BCUT2D eigenvalue weighted by molar-refractivity contribution is 5.85. The van der Waals surface area contributed by atoms with E-state index in [-0.39, 0.29) is 24.8 Å². The Kier molecular flexibility index (Phi) is 9.95. The number of likely N-dealkylation sites (tertiary alicyclic amines) is 2. The SMILES string of the molecule is CC1CCCCN1CC1CCCN(C(=O)CNCC2CC2)C1.Cl.Cl. The standard InChI is InChI=1S/C18H33N3O.2ClH/c1-15-5-2-3-9-20(15)13-17-6-4-10-21(14-17)18(22)12-19-11-16-7-8-16;;/h15-17,19H,2-14H2,1H3;2*1H. The number of piperidine rings is 2.